The van der Waals surface area contributed by atoms with Crippen molar-refractivity contribution in [3.63, 3.8) is 0 Å². The van der Waals surface area contributed by atoms with Crippen molar-refractivity contribution >= 4 is 11.6 Å². The number of amides is 1. The van der Waals surface area contributed by atoms with E-state index in [0.717, 1.165) is 0 Å². The Bertz CT molecular complexity index is 416. The van der Waals surface area contributed by atoms with Crippen molar-refractivity contribution in [1.29, 1.82) is 0 Å². The van der Waals surface area contributed by atoms with E-state index in [2.05, 4.69) is 10.3 Å². The maximum absolute atomic E-state index is 11.3. The van der Waals surface area contributed by atoms with Crippen LogP contribution in [0.4, 0.5) is 5.69 Å². The fourth-order valence-corrected chi connectivity index (χ4v) is 1.37. The van der Waals surface area contributed by atoms with Gasteiger partial charge in [-0.05, 0) is 0 Å². The standard InChI is InChI=1S/C8H7N3O3/c12-8-6-3-5(11(13)14)4-10-7(6)1-2-9-8/h3-4H,1-2H2,(H,9,12). The van der Waals surface area contributed by atoms with Crippen molar-refractivity contribution in [2.75, 3.05) is 6.54 Å². The fraction of sp³-hybridized carbons (Fsp3) is 0.250. The minimum absolute atomic E-state index is 0.152. The lowest BCUT2D eigenvalue weighted by atomic mass is 10.1. The molecule has 6 nitrogen and oxygen atoms in total. The van der Waals surface area contributed by atoms with Crippen LogP contribution in [0.25, 0.3) is 0 Å². The molecule has 0 aromatic carbocycles. The minimum atomic E-state index is -0.560. The van der Waals surface area contributed by atoms with Gasteiger partial charge < -0.3 is 5.32 Å². The Morgan fingerprint density at radius 1 is 1.57 bits per heavy atom. The number of carbonyl (C=O) groups is 1. The summed E-state index contributed by atoms with van der Waals surface area (Å²) < 4.78 is 0. The first-order valence-electron chi connectivity index (χ1n) is 4.10. The molecular weight excluding hydrogens is 186 g/mol. The van der Waals surface area contributed by atoms with Crippen LogP contribution in [0.2, 0.25) is 0 Å². The summed E-state index contributed by atoms with van der Waals surface area (Å²) >= 11 is 0. The fourth-order valence-electron chi connectivity index (χ4n) is 1.37. The number of nitro groups is 1. The molecule has 0 bridgehead atoms. The third kappa shape index (κ3) is 1.30. The second-order valence-corrected chi connectivity index (χ2v) is 2.95. The van der Waals surface area contributed by atoms with Crippen LogP contribution in [-0.4, -0.2) is 22.4 Å². The number of carbonyl (C=O) groups excluding carboxylic acids is 1. The lowest BCUT2D eigenvalue weighted by Crippen LogP contribution is -2.32. The van der Waals surface area contributed by atoms with Gasteiger partial charge in [0.2, 0.25) is 0 Å². The number of rotatable bonds is 1. The summed E-state index contributed by atoms with van der Waals surface area (Å²) in [5.74, 6) is -0.289. The van der Waals surface area contributed by atoms with Crippen molar-refractivity contribution in [3.05, 3.63) is 33.6 Å². The lowest BCUT2D eigenvalue weighted by molar-refractivity contribution is -0.385. The highest BCUT2D eigenvalue weighted by Gasteiger charge is 2.20. The summed E-state index contributed by atoms with van der Waals surface area (Å²) in [5.41, 5.74) is 0.783. The minimum Gasteiger partial charge on any atom is -0.352 e. The molecule has 0 unspecified atom stereocenters. The molecule has 1 aromatic heterocycles. The zero-order valence-corrected chi connectivity index (χ0v) is 7.19. The van der Waals surface area contributed by atoms with Crippen LogP contribution in [0, 0.1) is 10.1 Å². The van der Waals surface area contributed by atoms with Crippen LogP contribution in [0.15, 0.2) is 12.3 Å². The summed E-state index contributed by atoms with van der Waals surface area (Å²) in [7, 11) is 0. The first kappa shape index (κ1) is 8.61. The normalized spacial score (nSPS) is 14.4. The van der Waals surface area contributed by atoms with Crippen molar-refractivity contribution in [3.8, 4) is 0 Å². The highest BCUT2D eigenvalue weighted by molar-refractivity contribution is 5.96. The largest absolute Gasteiger partial charge is 0.352 e. The molecule has 0 fully saturated rings. The van der Waals surface area contributed by atoms with Crippen molar-refractivity contribution in [2.45, 2.75) is 6.42 Å². The predicted molar refractivity (Wildman–Crippen MR) is 46.9 cm³/mol. The molecule has 0 aliphatic carbocycles. The van der Waals surface area contributed by atoms with E-state index in [9.17, 15) is 14.9 Å². The van der Waals surface area contributed by atoms with E-state index in [1.165, 1.54) is 12.3 Å². The number of hydrogen-bond donors (Lipinski definition) is 1. The first-order chi connectivity index (χ1) is 6.68. The summed E-state index contributed by atoms with van der Waals surface area (Å²) in [6.45, 7) is 0.538. The molecular formula is C8H7N3O3. The van der Waals surface area contributed by atoms with Gasteiger partial charge in [0, 0.05) is 19.0 Å². The Morgan fingerprint density at radius 2 is 2.36 bits per heavy atom. The van der Waals surface area contributed by atoms with E-state index in [0.29, 0.717) is 24.2 Å². The number of nitrogens with zero attached hydrogens (tertiary/aromatic N) is 2. The van der Waals surface area contributed by atoms with Crippen LogP contribution in [0.3, 0.4) is 0 Å². The molecule has 1 aliphatic rings. The van der Waals surface area contributed by atoms with Gasteiger partial charge in [-0.1, -0.05) is 0 Å². The Balaban J connectivity index is 2.51. The summed E-state index contributed by atoms with van der Waals surface area (Å²) in [5, 5.41) is 13.0. The Kier molecular flexibility index (Phi) is 1.88. The van der Waals surface area contributed by atoms with Crippen LogP contribution in [-0.2, 0) is 6.42 Å². The van der Waals surface area contributed by atoms with Gasteiger partial charge in [0.15, 0.2) is 0 Å². The van der Waals surface area contributed by atoms with E-state index in [-0.39, 0.29) is 11.6 Å². The maximum atomic E-state index is 11.3. The van der Waals surface area contributed by atoms with E-state index >= 15 is 0 Å². The van der Waals surface area contributed by atoms with Gasteiger partial charge >= 0.3 is 0 Å². The molecule has 0 atom stereocenters. The molecule has 1 amide bonds. The van der Waals surface area contributed by atoms with Crippen LogP contribution >= 0.6 is 0 Å². The molecule has 1 N–H and O–H groups in total. The molecule has 0 saturated heterocycles. The lowest BCUT2D eigenvalue weighted by Gasteiger charge is -2.14. The highest BCUT2D eigenvalue weighted by Crippen LogP contribution is 2.17. The molecule has 2 rings (SSSR count). The topological polar surface area (TPSA) is 85.1 Å². The van der Waals surface area contributed by atoms with E-state index in [1.54, 1.807) is 0 Å². The quantitative estimate of drug-likeness (QED) is 0.512. The average Bonchev–Trinajstić information content (AvgIpc) is 2.18. The molecule has 72 valence electrons. The maximum Gasteiger partial charge on any atom is 0.288 e. The van der Waals surface area contributed by atoms with Crippen molar-refractivity contribution in [2.24, 2.45) is 0 Å². The SMILES string of the molecule is O=C1NCCc2ncc([N+](=O)[O-])cc21. The Hall–Kier alpha value is -1.98. The highest BCUT2D eigenvalue weighted by atomic mass is 16.6. The van der Waals surface area contributed by atoms with E-state index in [1.807, 2.05) is 0 Å². The smallest absolute Gasteiger partial charge is 0.288 e. The van der Waals surface area contributed by atoms with Gasteiger partial charge in [0.05, 0.1) is 16.2 Å². The number of pyridine rings is 1. The van der Waals surface area contributed by atoms with Gasteiger partial charge in [0.25, 0.3) is 11.6 Å². The molecule has 2 heterocycles. The van der Waals surface area contributed by atoms with Crippen LogP contribution in [0.5, 0.6) is 0 Å². The average molecular weight is 193 g/mol. The summed E-state index contributed by atoms with van der Waals surface area (Å²) in [6, 6.07) is 1.26. The zero-order valence-electron chi connectivity index (χ0n) is 7.19. The molecule has 14 heavy (non-hydrogen) atoms. The number of hydrogen-bond acceptors (Lipinski definition) is 4. The third-order valence-electron chi connectivity index (χ3n) is 2.06. The van der Waals surface area contributed by atoms with E-state index < -0.39 is 4.92 Å². The summed E-state index contributed by atoms with van der Waals surface area (Å²) in [6.07, 6.45) is 1.80. The van der Waals surface area contributed by atoms with Gasteiger partial charge in [0.1, 0.15) is 6.20 Å². The molecule has 1 aliphatic heterocycles. The molecule has 1 aromatic rings. The number of nitrogens with one attached hydrogen (secondary N) is 1. The first-order valence-corrected chi connectivity index (χ1v) is 4.10. The second kappa shape index (κ2) is 3.06. The van der Waals surface area contributed by atoms with Gasteiger partial charge in [-0.2, -0.15) is 0 Å². The van der Waals surface area contributed by atoms with Crippen molar-refractivity contribution in [1.82, 2.24) is 10.3 Å². The predicted octanol–water partition coefficient (Wildman–Crippen LogP) is 0.276. The second-order valence-electron chi connectivity index (χ2n) is 2.95. The van der Waals surface area contributed by atoms with Crippen LogP contribution < -0.4 is 5.32 Å². The molecule has 0 spiro atoms. The van der Waals surface area contributed by atoms with Gasteiger partial charge in [-0.15, -0.1) is 0 Å². The van der Waals surface area contributed by atoms with Gasteiger partial charge in [-0.3, -0.25) is 19.9 Å². The zero-order chi connectivity index (χ0) is 10.1. The third-order valence-corrected chi connectivity index (χ3v) is 2.06. The van der Waals surface area contributed by atoms with E-state index in [4.69, 9.17) is 0 Å². The Labute approximate surface area is 79.1 Å². The molecule has 6 heteroatoms. The van der Waals surface area contributed by atoms with Crippen molar-refractivity contribution < 1.29 is 9.72 Å². The van der Waals surface area contributed by atoms with Gasteiger partial charge in [-0.25, -0.2) is 0 Å². The number of aromatic nitrogens is 1. The molecule has 0 saturated carbocycles. The monoisotopic (exact) mass is 193 g/mol. The summed E-state index contributed by atoms with van der Waals surface area (Å²) in [4.78, 5) is 25.0. The Morgan fingerprint density at radius 3 is 3.07 bits per heavy atom. The molecule has 0 radical (unpaired) electrons. The van der Waals surface area contributed by atoms with Crippen LogP contribution in [0.1, 0.15) is 16.1 Å². The number of fused-ring (bicyclic) bond motifs is 1.